The summed E-state index contributed by atoms with van der Waals surface area (Å²) in [5.41, 5.74) is 0.442. The largest absolute Gasteiger partial charge is 0.376 e. The first-order valence-corrected chi connectivity index (χ1v) is 6.48. The minimum Gasteiger partial charge on any atom is -0.376 e. The number of hydrogen-bond donors (Lipinski definition) is 1. The van der Waals surface area contributed by atoms with Crippen LogP contribution in [0.1, 0.15) is 33.6 Å². The van der Waals surface area contributed by atoms with Crippen LogP contribution in [0.5, 0.6) is 0 Å². The van der Waals surface area contributed by atoms with Gasteiger partial charge >= 0.3 is 0 Å². The average molecular weight is 228 g/mol. The van der Waals surface area contributed by atoms with Crippen molar-refractivity contribution >= 4 is 0 Å². The molecule has 96 valence electrons. The van der Waals surface area contributed by atoms with Crippen LogP contribution in [0, 0.1) is 5.41 Å². The Morgan fingerprint density at radius 3 is 2.62 bits per heavy atom. The lowest BCUT2D eigenvalue weighted by molar-refractivity contribution is 0.0184. The van der Waals surface area contributed by atoms with Crippen LogP contribution in [0.25, 0.3) is 0 Å². The topological polar surface area (TPSA) is 24.5 Å². The number of nitrogens with zero attached hydrogens (tertiary/aromatic N) is 1. The predicted molar refractivity (Wildman–Crippen MR) is 68.8 cm³/mol. The van der Waals surface area contributed by atoms with Crippen molar-refractivity contribution in [3.63, 3.8) is 0 Å². The molecular weight excluding hydrogens is 200 g/mol. The van der Waals surface area contributed by atoms with E-state index in [1.807, 2.05) is 0 Å². The van der Waals surface area contributed by atoms with Crippen LogP contribution in [-0.2, 0) is 4.74 Å². The molecule has 0 aromatic heterocycles. The molecule has 1 aliphatic heterocycles. The standard InChI is InChI=1S/C13H28N2O/c1-13(2,3)6-9-15(4)8-5-12-11-14-7-10-16-12/h12,14H,5-11H2,1-4H3. The zero-order chi connectivity index (χ0) is 12.0. The van der Waals surface area contributed by atoms with Gasteiger partial charge in [0.05, 0.1) is 12.7 Å². The Bertz CT molecular complexity index is 183. The third kappa shape index (κ3) is 6.46. The van der Waals surface area contributed by atoms with E-state index < -0.39 is 0 Å². The Balaban J connectivity index is 2.07. The molecule has 1 aliphatic rings. The lowest BCUT2D eigenvalue weighted by atomic mass is 9.92. The summed E-state index contributed by atoms with van der Waals surface area (Å²) in [5.74, 6) is 0. The average Bonchev–Trinajstić information content (AvgIpc) is 2.24. The first kappa shape index (κ1) is 13.9. The van der Waals surface area contributed by atoms with Crippen molar-refractivity contribution in [3.05, 3.63) is 0 Å². The number of ether oxygens (including phenoxy) is 1. The third-order valence-electron chi connectivity index (χ3n) is 3.08. The molecule has 1 fully saturated rings. The Morgan fingerprint density at radius 1 is 1.31 bits per heavy atom. The lowest BCUT2D eigenvalue weighted by Crippen LogP contribution is -2.40. The van der Waals surface area contributed by atoms with Gasteiger partial charge in [-0.15, -0.1) is 0 Å². The maximum atomic E-state index is 5.68. The van der Waals surface area contributed by atoms with Crippen LogP contribution in [0.3, 0.4) is 0 Å². The molecular formula is C13H28N2O. The zero-order valence-electron chi connectivity index (χ0n) is 11.4. The number of hydrogen-bond acceptors (Lipinski definition) is 3. The molecule has 0 aromatic rings. The second-order valence-electron chi connectivity index (χ2n) is 6.10. The Hall–Kier alpha value is -0.120. The fourth-order valence-corrected chi connectivity index (χ4v) is 1.81. The van der Waals surface area contributed by atoms with Crippen molar-refractivity contribution in [3.8, 4) is 0 Å². The molecule has 1 N–H and O–H groups in total. The first-order chi connectivity index (χ1) is 7.47. The smallest absolute Gasteiger partial charge is 0.0712 e. The van der Waals surface area contributed by atoms with Crippen molar-refractivity contribution in [2.45, 2.75) is 39.7 Å². The van der Waals surface area contributed by atoms with Gasteiger partial charge in [0.2, 0.25) is 0 Å². The summed E-state index contributed by atoms with van der Waals surface area (Å²) in [4.78, 5) is 2.42. The first-order valence-electron chi connectivity index (χ1n) is 6.48. The monoisotopic (exact) mass is 228 g/mol. The van der Waals surface area contributed by atoms with Crippen LogP contribution in [0.2, 0.25) is 0 Å². The van der Waals surface area contributed by atoms with Crippen molar-refractivity contribution in [2.24, 2.45) is 5.41 Å². The van der Waals surface area contributed by atoms with Gasteiger partial charge in [-0.3, -0.25) is 0 Å². The summed E-state index contributed by atoms with van der Waals surface area (Å²) in [7, 11) is 2.21. The highest BCUT2D eigenvalue weighted by atomic mass is 16.5. The Morgan fingerprint density at radius 2 is 2.06 bits per heavy atom. The fourth-order valence-electron chi connectivity index (χ4n) is 1.81. The van der Waals surface area contributed by atoms with E-state index in [1.165, 1.54) is 13.0 Å². The van der Waals surface area contributed by atoms with Gasteiger partial charge in [-0.05, 0) is 31.8 Å². The number of nitrogens with one attached hydrogen (secondary N) is 1. The highest BCUT2D eigenvalue weighted by molar-refractivity contribution is 4.70. The molecule has 0 saturated carbocycles. The van der Waals surface area contributed by atoms with E-state index in [1.54, 1.807) is 0 Å². The van der Waals surface area contributed by atoms with Gasteiger partial charge in [-0.2, -0.15) is 0 Å². The van der Waals surface area contributed by atoms with Crippen molar-refractivity contribution in [2.75, 3.05) is 39.8 Å². The van der Waals surface area contributed by atoms with E-state index in [-0.39, 0.29) is 0 Å². The summed E-state index contributed by atoms with van der Waals surface area (Å²) >= 11 is 0. The van der Waals surface area contributed by atoms with E-state index in [0.29, 0.717) is 11.5 Å². The van der Waals surface area contributed by atoms with E-state index >= 15 is 0 Å². The minimum atomic E-state index is 0.422. The molecule has 0 aromatic carbocycles. The predicted octanol–water partition coefficient (Wildman–Crippen LogP) is 1.73. The third-order valence-corrected chi connectivity index (χ3v) is 3.08. The molecule has 0 aliphatic carbocycles. The lowest BCUT2D eigenvalue weighted by Gasteiger charge is -2.27. The van der Waals surface area contributed by atoms with Crippen LogP contribution in [-0.4, -0.2) is 50.8 Å². The minimum absolute atomic E-state index is 0.422. The van der Waals surface area contributed by atoms with E-state index in [2.05, 4.69) is 38.0 Å². The molecule has 0 radical (unpaired) electrons. The molecule has 3 heteroatoms. The zero-order valence-corrected chi connectivity index (χ0v) is 11.4. The van der Waals surface area contributed by atoms with Crippen LogP contribution < -0.4 is 5.32 Å². The van der Waals surface area contributed by atoms with E-state index in [0.717, 1.165) is 32.7 Å². The molecule has 1 saturated heterocycles. The van der Waals surface area contributed by atoms with Crippen molar-refractivity contribution in [1.82, 2.24) is 10.2 Å². The van der Waals surface area contributed by atoms with Crippen molar-refractivity contribution in [1.29, 1.82) is 0 Å². The number of morpholine rings is 1. The molecule has 16 heavy (non-hydrogen) atoms. The summed E-state index contributed by atoms with van der Waals surface area (Å²) in [6, 6.07) is 0. The van der Waals surface area contributed by atoms with E-state index in [4.69, 9.17) is 4.74 Å². The Kier molecular flexibility index (Phi) is 5.73. The van der Waals surface area contributed by atoms with Gasteiger partial charge in [0.15, 0.2) is 0 Å². The van der Waals surface area contributed by atoms with Gasteiger partial charge in [0, 0.05) is 19.6 Å². The highest BCUT2D eigenvalue weighted by Gasteiger charge is 2.15. The second kappa shape index (κ2) is 6.58. The normalized spacial score (nSPS) is 22.7. The van der Waals surface area contributed by atoms with E-state index in [9.17, 15) is 0 Å². The summed E-state index contributed by atoms with van der Waals surface area (Å²) in [6.45, 7) is 12.1. The molecule has 0 bridgehead atoms. The van der Waals surface area contributed by atoms with Crippen molar-refractivity contribution < 1.29 is 4.74 Å². The second-order valence-corrected chi connectivity index (χ2v) is 6.10. The fraction of sp³-hybridized carbons (Fsp3) is 1.00. The van der Waals surface area contributed by atoms with Crippen LogP contribution >= 0.6 is 0 Å². The molecule has 3 nitrogen and oxygen atoms in total. The molecule has 1 unspecified atom stereocenters. The molecule has 1 rings (SSSR count). The van der Waals surface area contributed by atoms with Gasteiger partial charge in [-0.25, -0.2) is 0 Å². The van der Waals surface area contributed by atoms with Gasteiger partial charge in [-0.1, -0.05) is 20.8 Å². The Labute approximate surface area is 101 Å². The van der Waals surface area contributed by atoms with Gasteiger partial charge in [0.25, 0.3) is 0 Å². The van der Waals surface area contributed by atoms with Crippen LogP contribution in [0.4, 0.5) is 0 Å². The SMILES string of the molecule is CN(CCC1CNCCO1)CCC(C)(C)C. The summed E-state index contributed by atoms with van der Waals surface area (Å²) in [6.07, 6.45) is 2.83. The maximum Gasteiger partial charge on any atom is 0.0712 e. The quantitative estimate of drug-likeness (QED) is 0.775. The van der Waals surface area contributed by atoms with Crippen LogP contribution in [0.15, 0.2) is 0 Å². The summed E-state index contributed by atoms with van der Waals surface area (Å²) < 4.78 is 5.68. The molecule has 1 heterocycles. The highest BCUT2D eigenvalue weighted by Crippen LogP contribution is 2.18. The molecule has 1 atom stereocenters. The molecule has 0 spiro atoms. The summed E-state index contributed by atoms with van der Waals surface area (Å²) in [5, 5.41) is 3.37. The number of rotatable bonds is 5. The molecule has 0 amide bonds. The van der Waals surface area contributed by atoms with Gasteiger partial charge < -0.3 is 15.0 Å². The van der Waals surface area contributed by atoms with Gasteiger partial charge in [0.1, 0.15) is 0 Å². The maximum absolute atomic E-state index is 5.68.